The van der Waals surface area contributed by atoms with Crippen LogP contribution in [0, 0.1) is 0 Å². The van der Waals surface area contributed by atoms with Gasteiger partial charge in [0.15, 0.2) is 0 Å². The molecule has 1 aliphatic rings. The van der Waals surface area contributed by atoms with Crippen molar-refractivity contribution in [1.82, 2.24) is 4.98 Å². The zero-order chi connectivity index (χ0) is 19.1. The Balaban J connectivity index is 1.67. The molecule has 1 saturated heterocycles. The highest BCUT2D eigenvalue weighted by Gasteiger charge is 2.17. The second-order valence-electron chi connectivity index (χ2n) is 6.20. The fraction of sp³-hybridized carbons (Fsp3) is 0.350. The van der Waals surface area contributed by atoms with Crippen LogP contribution in [0.5, 0.6) is 0 Å². The number of hydrogen-bond donors (Lipinski definition) is 2. The summed E-state index contributed by atoms with van der Waals surface area (Å²) in [6, 6.07) is 8.47. The molecule has 1 aliphatic heterocycles. The number of ether oxygens (including phenoxy) is 2. The number of aromatic nitrogens is 1. The lowest BCUT2D eigenvalue weighted by Crippen LogP contribution is -2.19. The van der Waals surface area contributed by atoms with Gasteiger partial charge in [-0.15, -0.1) is 0 Å². The average Bonchev–Trinajstić information content (AvgIpc) is 3.21. The van der Waals surface area contributed by atoms with E-state index in [1.165, 1.54) is 6.20 Å². The molecule has 0 aliphatic carbocycles. The Hall–Kier alpha value is -2.93. The molecule has 27 heavy (non-hydrogen) atoms. The van der Waals surface area contributed by atoms with Gasteiger partial charge in [0.2, 0.25) is 0 Å². The number of pyridine rings is 1. The maximum Gasteiger partial charge on any atom is 0.340 e. The van der Waals surface area contributed by atoms with E-state index >= 15 is 0 Å². The fourth-order valence-corrected chi connectivity index (χ4v) is 2.87. The number of amides is 1. The quantitative estimate of drug-likeness (QED) is 0.729. The van der Waals surface area contributed by atoms with Gasteiger partial charge in [-0.1, -0.05) is 12.1 Å². The Morgan fingerprint density at radius 2 is 2.15 bits per heavy atom. The van der Waals surface area contributed by atoms with E-state index in [1.54, 1.807) is 43.5 Å². The molecule has 0 bridgehead atoms. The molecule has 2 N–H and O–H groups in total. The number of para-hydroxylation sites is 1. The van der Waals surface area contributed by atoms with Crippen LogP contribution in [0.1, 0.15) is 40.5 Å². The summed E-state index contributed by atoms with van der Waals surface area (Å²) < 4.78 is 10.6. The van der Waals surface area contributed by atoms with Crippen LogP contribution in [0.4, 0.5) is 11.4 Å². The van der Waals surface area contributed by atoms with Gasteiger partial charge in [0, 0.05) is 25.5 Å². The zero-order valence-electron chi connectivity index (χ0n) is 15.2. The van der Waals surface area contributed by atoms with Crippen LogP contribution in [0.2, 0.25) is 0 Å². The average molecular weight is 369 g/mol. The summed E-state index contributed by atoms with van der Waals surface area (Å²) in [6.07, 6.45) is 5.45. The molecule has 1 unspecified atom stereocenters. The predicted octanol–water partition coefficient (Wildman–Crippen LogP) is 3.10. The minimum absolute atomic E-state index is 0.193. The van der Waals surface area contributed by atoms with Crippen LogP contribution < -0.4 is 10.6 Å². The monoisotopic (exact) mass is 369 g/mol. The molecule has 1 fully saturated rings. The summed E-state index contributed by atoms with van der Waals surface area (Å²) in [5.41, 5.74) is 1.86. The van der Waals surface area contributed by atoms with Crippen molar-refractivity contribution in [3.05, 3.63) is 53.9 Å². The Bertz CT molecular complexity index is 803. The lowest BCUT2D eigenvalue weighted by atomic mass is 10.1. The van der Waals surface area contributed by atoms with Crippen molar-refractivity contribution in [2.24, 2.45) is 0 Å². The van der Waals surface area contributed by atoms with Crippen LogP contribution in [0.25, 0.3) is 0 Å². The number of esters is 1. The summed E-state index contributed by atoms with van der Waals surface area (Å²) in [7, 11) is 0. The molecular formula is C20H23N3O4. The highest BCUT2D eigenvalue weighted by atomic mass is 16.5. The molecule has 1 amide bonds. The molecule has 2 heterocycles. The first-order valence-electron chi connectivity index (χ1n) is 9.05. The predicted molar refractivity (Wildman–Crippen MR) is 102 cm³/mol. The third-order valence-corrected chi connectivity index (χ3v) is 4.23. The number of carbonyl (C=O) groups is 2. The maximum atomic E-state index is 12.6. The van der Waals surface area contributed by atoms with Crippen molar-refractivity contribution >= 4 is 23.3 Å². The topological polar surface area (TPSA) is 89.5 Å². The van der Waals surface area contributed by atoms with Crippen molar-refractivity contribution in [1.29, 1.82) is 0 Å². The number of benzene rings is 1. The molecule has 0 saturated carbocycles. The Morgan fingerprint density at radius 3 is 2.93 bits per heavy atom. The first-order valence-corrected chi connectivity index (χ1v) is 9.05. The smallest absolute Gasteiger partial charge is 0.340 e. The Morgan fingerprint density at radius 1 is 1.30 bits per heavy atom. The first-order chi connectivity index (χ1) is 13.2. The van der Waals surface area contributed by atoms with E-state index in [9.17, 15) is 9.59 Å². The number of nitrogens with one attached hydrogen (secondary N) is 2. The van der Waals surface area contributed by atoms with Crippen molar-refractivity contribution in [3.8, 4) is 0 Å². The van der Waals surface area contributed by atoms with Crippen LogP contribution in [-0.4, -0.2) is 42.7 Å². The van der Waals surface area contributed by atoms with E-state index in [4.69, 9.17) is 9.47 Å². The fourth-order valence-electron chi connectivity index (χ4n) is 2.87. The number of anilines is 2. The normalized spacial score (nSPS) is 16.0. The van der Waals surface area contributed by atoms with Gasteiger partial charge in [0.05, 0.1) is 35.2 Å². The van der Waals surface area contributed by atoms with Crippen LogP contribution in [-0.2, 0) is 9.47 Å². The minimum atomic E-state index is -0.474. The van der Waals surface area contributed by atoms with Gasteiger partial charge in [0.25, 0.3) is 5.91 Å². The largest absolute Gasteiger partial charge is 0.462 e. The standard InChI is InChI=1S/C20H23N3O4/c1-2-26-20(25)17-7-3-4-8-18(17)23-19(24)14-10-15(12-21-11-14)22-13-16-6-5-9-27-16/h3-4,7-8,10-12,16,22H,2,5-6,9,13H2,1H3,(H,23,24). The molecule has 1 atom stereocenters. The van der Waals surface area contributed by atoms with Gasteiger partial charge in [-0.2, -0.15) is 0 Å². The van der Waals surface area contributed by atoms with Gasteiger partial charge < -0.3 is 20.1 Å². The highest BCUT2D eigenvalue weighted by molar-refractivity contribution is 6.08. The molecule has 0 radical (unpaired) electrons. The molecule has 0 spiro atoms. The van der Waals surface area contributed by atoms with Crippen molar-refractivity contribution in [2.45, 2.75) is 25.9 Å². The van der Waals surface area contributed by atoms with Crippen LogP contribution in [0.15, 0.2) is 42.7 Å². The van der Waals surface area contributed by atoms with E-state index in [1.807, 2.05) is 0 Å². The summed E-state index contributed by atoms with van der Waals surface area (Å²) in [5, 5.41) is 6.01. The lowest BCUT2D eigenvalue weighted by molar-refractivity contribution is 0.0527. The SMILES string of the molecule is CCOC(=O)c1ccccc1NC(=O)c1cncc(NCC2CCCO2)c1. The van der Waals surface area contributed by atoms with Gasteiger partial charge in [-0.3, -0.25) is 9.78 Å². The Kier molecular flexibility index (Phi) is 6.38. The highest BCUT2D eigenvalue weighted by Crippen LogP contribution is 2.19. The van der Waals surface area contributed by atoms with E-state index in [-0.39, 0.29) is 18.6 Å². The minimum Gasteiger partial charge on any atom is -0.462 e. The molecule has 7 heteroatoms. The Labute approximate surface area is 158 Å². The third kappa shape index (κ3) is 5.04. The van der Waals surface area contributed by atoms with E-state index in [0.717, 1.165) is 25.1 Å². The lowest BCUT2D eigenvalue weighted by Gasteiger charge is -2.13. The summed E-state index contributed by atoms with van der Waals surface area (Å²) in [4.78, 5) is 28.8. The van der Waals surface area contributed by atoms with Gasteiger partial charge in [-0.25, -0.2) is 4.79 Å². The molecule has 3 rings (SSSR count). The molecular weight excluding hydrogens is 346 g/mol. The second-order valence-corrected chi connectivity index (χ2v) is 6.20. The van der Waals surface area contributed by atoms with Crippen molar-refractivity contribution in [3.63, 3.8) is 0 Å². The molecule has 1 aromatic carbocycles. The van der Waals surface area contributed by atoms with Gasteiger partial charge >= 0.3 is 5.97 Å². The van der Waals surface area contributed by atoms with Crippen LogP contribution in [0.3, 0.4) is 0 Å². The molecule has 142 valence electrons. The molecule has 1 aromatic heterocycles. The maximum absolute atomic E-state index is 12.6. The number of rotatable bonds is 7. The van der Waals surface area contributed by atoms with E-state index < -0.39 is 5.97 Å². The summed E-state index contributed by atoms with van der Waals surface area (Å²) in [5.74, 6) is -0.821. The van der Waals surface area contributed by atoms with E-state index in [2.05, 4.69) is 15.6 Å². The second kappa shape index (κ2) is 9.14. The van der Waals surface area contributed by atoms with E-state index in [0.29, 0.717) is 23.4 Å². The van der Waals surface area contributed by atoms with Crippen molar-refractivity contribution in [2.75, 3.05) is 30.4 Å². The molecule has 7 nitrogen and oxygen atoms in total. The zero-order valence-corrected chi connectivity index (χ0v) is 15.2. The van der Waals surface area contributed by atoms with Crippen molar-refractivity contribution < 1.29 is 19.1 Å². The number of nitrogens with zero attached hydrogens (tertiary/aromatic N) is 1. The number of hydrogen-bond acceptors (Lipinski definition) is 6. The summed E-state index contributed by atoms with van der Waals surface area (Å²) >= 11 is 0. The van der Waals surface area contributed by atoms with Gasteiger partial charge in [-0.05, 0) is 38.0 Å². The van der Waals surface area contributed by atoms with Crippen LogP contribution >= 0.6 is 0 Å². The number of carbonyl (C=O) groups excluding carboxylic acids is 2. The first kappa shape index (κ1) is 18.8. The van der Waals surface area contributed by atoms with Gasteiger partial charge in [0.1, 0.15) is 0 Å². The third-order valence-electron chi connectivity index (χ3n) is 4.23. The summed E-state index contributed by atoms with van der Waals surface area (Å²) in [6.45, 7) is 3.48. The molecule has 2 aromatic rings.